The maximum atomic E-state index is 13.4. The second-order valence-corrected chi connectivity index (χ2v) is 25.7. The molecule has 3 fully saturated rings. The molecule has 3 saturated heterocycles. The molecule has 3 aliphatic heterocycles. The number of ether oxygens (including phenoxy) is 6. The summed E-state index contributed by atoms with van der Waals surface area (Å²) in [6.07, 6.45) is 41.7. The highest BCUT2D eigenvalue weighted by Gasteiger charge is 2.53. The van der Waals surface area contributed by atoms with E-state index in [9.17, 15) is 61.0 Å². The van der Waals surface area contributed by atoms with E-state index in [1.165, 1.54) is 154 Å². The lowest BCUT2D eigenvalue weighted by molar-refractivity contribution is -0.379. The van der Waals surface area contributed by atoms with Crippen LogP contribution in [0.1, 0.15) is 251 Å². The van der Waals surface area contributed by atoms with Crippen molar-refractivity contribution in [3.8, 4) is 0 Å². The Balaban J connectivity index is 1.41. The van der Waals surface area contributed by atoms with Gasteiger partial charge in [-0.15, -0.1) is 0 Å². The van der Waals surface area contributed by atoms with Gasteiger partial charge in [0.1, 0.15) is 73.2 Å². The van der Waals surface area contributed by atoms with Gasteiger partial charge in [-0.05, 0) is 70.6 Å². The number of nitrogens with one attached hydrogen (secondary N) is 1. The van der Waals surface area contributed by atoms with Crippen LogP contribution in [0.5, 0.6) is 0 Å². The maximum Gasteiger partial charge on any atom is 0.220 e. The Morgan fingerprint density at radius 2 is 0.761 bits per heavy atom. The normalized spacial score (nSPS) is 28.1. The fourth-order valence-electron chi connectivity index (χ4n) is 11.9. The second-order valence-electron chi connectivity index (χ2n) is 25.7. The van der Waals surface area contributed by atoms with E-state index in [4.69, 9.17) is 28.4 Å². The van der Waals surface area contributed by atoms with Gasteiger partial charge in [0.2, 0.25) is 5.91 Å². The van der Waals surface area contributed by atoms with Crippen LogP contribution in [0.15, 0.2) is 72.9 Å². The third kappa shape index (κ3) is 35.5. The van der Waals surface area contributed by atoms with Crippen LogP contribution in [-0.2, 0) is 33.2 Å². The van der Waals surface area contributed by atoms with Gasteiger partial charge in [0.05, 0.1) is 38.6 Å². The molecule has 0 aromatic rings. The molecule has 0 saturated carbocycles. The van der Waals surface area contributed by atoms with E-state index in [1.807, 2.05) is 6.08 Å². The van der Waals surface area contributed by atoms with Crippen molar-refractivity contribution in [2.45, 2.75) is 356 Å². The quantitative estimate of drug-likeness (QED) is 0.0199. The van der Waals surface area contributed by atoms with Gasteiger partial charge >= 0.3 is 0 Å². The van der Waals surface area contributed by atoms with Gasteiger partial charge in [-0.2, -0.15) is 0 Å². The summed E-state index contributed by atoms with van der Waals surface area (Å²) in [6.45, 7) is 1.61. The van der Waals surface area contributed by atoms with E-state index in [0.29, 0.717) is 12.8 Å². The van der Waals surface area contributed by atoms with Gasteiger partial charge in [-0.3, -0.25) is 4.79 Å². The Kier molecular flexibility index (Phi) is 49.2. The zero-order chi connectivity index (χ0) is 66.8. The van der Waals surface area contributed by atoms with Gasteiger partial charge in [0.15, 0.2) is 18.9 Å². The first-order chi connectivity index (χ1) is 44.8. The predicted octanol–water partition coefficient (Wildman–Crippen LogP) is 10.1. The molecule has 0 radical (unpaired) electrons. The molecule has 92 heavy (non-hydrogen) atoms. The van der Waals surface area contributed by atoms with Crippen molar-refractivity contribution >= 4 is 5.91 Å². The lowest BCUT2D eigenvalue weighted by Gasteiger charge is -2.48. The van der Waals surface area contributed by atoms with Gasteiger partial charge in [0, 0.05) is 6.42 Å². The van der Waals surface area contributed by atoms with Crippen molar-refractivity contribution in [2.24, 2.45) is 0 Å². The summed E-state index contributed by atoms with van der Waals surface area (Å²) in [5.41, 5.74) is 0. The van der Waals surface area contributed by atoms with Crippen LogP contribution in [0.2, 0.25) is 0 Å². The summed E-state index contributed by atoms with van der Waals surface area (Å²) < 4.78 is 34.4. The highest BCUT2D eigenvalue weighted by molar-refractivity contribution is 5.76. The minimum atomic E-state index is -1.98. The number of rotatable bonds is 55. The first kappa shape index (κ1) is 83.5. The molecule has 19 nitrogen and oxygen atoms in total. The van der Waals surface area contributed by atoms with Crippen LogP contribution in [0.25, 0.3) is 0 Å². The molecule has 1 amide bonds. The number of unbranched alkanes of at least 4 members (excludes halogenated alkanes) is 29. The second kappa shape index (κ2) is 54.3. The van der Waals surface area contributed by atoms with Crippen molar-refractivity contribution in [2.75, 3.05) is 26.4 Å². The third-order valence-electron chi connectivity index (χ3n) is 17.7. The molecule has 0 aromatic carbocycles. The summed E-state index contributed by atoms with van der Waals surface area (Å²) in [7, 11) is 0. The zero-order valence-electron chi connectivity index (χ0n) is 56.5. The zero-order valence-corrected chi connectivity index (χ0v) is 56.5. The van der Waals surface area contributed by atoms with Gasteiger partial charge in [-0.1, -0.05) is 247 Å². The molecule has 0 aromatic heterocycles. The summed E-state index contributed by atoms with van der Waals surface area (Å²) in [5.74, 6) is -0.286. The molecular formula is C73H129NO18. The molecule has 12 N–H and O–H groups in total. The Bertz CT molecular complexity index is 1950. The number of amides is 1. The first-order valence-corrected chi connectivity index (χ1v) is 36.2. The minimum Gasteiger partial charge on any atom is -0.394 e. The molecule has 3 heterocycles. The van der Waals surface area contributed by atoms with E-state index in [2.05, 4.69) is 79.9 Å². The highest BCUT2D eigenvalue weighted by atomic mass is 16.8. The summed E-state index contributed by atoms with van der Waals surface area (Å²) >= 11 is 0. The van der Waals surface area contributed by atoms with E-state index in [-0.39, 0.29) is 18.9 Å². The molecule has 0 spiro atoms. The van der Waals surface area contributed by atoms with Crippen molar-refractivity contribution in [3.63, 3.8) is 0 Å². The molecule has 17 unspecified atom stereocenters. The molecule has 3 aliphatic rings. The van der Waals surface area contributed by atoms with Crippen molar-refractivity contribution in [1.82, 2.24) is 5.32 Å². The maximum absolute atomic E-state index is 13.4. The summed E-state index contributed by atoms with van der Waals surface area (Å²) in [5, 5.41) is 121. The Morgan fingerprint density at radius 3 is 1.22 bits per heavy atom. The van der Waals surface area contributed by atoms with Crippen LogP contribution >= 0.6 is 0 Å². The fourth-order valence-corrected chi connectivity index (χ4v) is 11.9. The molecule has 3 rings (SSSR count). The number of aliphatic hydroxyl groups excluding tert-OH is 11. The molecular weight excluding hydrogens is 1180 g/mol. The standard InChI is InChI=1S/C73H129NO18/c1-3-5-7-9-11-13-15-17-19-21-23-24-25-26-27-28-29-30-31-32-33-35-37-39-41-43-45-47-49-51-61(79)74-56(57(78)50-48-46-44-42-40-38-36-34-22-20-18-16-14-12-10-8-6-4-2)55-87-71-67(85)64(82)69(59(53-76)89-71)92-73-68(86)65(83)70(60(54-77)90-73)91-72-66(84)63(81)62(80)58(52-75)88-72/h5,7,11,13,17,19,23-24,40,42,48,50,56-60,62-73,75-78,80-86H,3-4,6,8-10,12,14-16,18,20-22,25-39,41,43-47,49,51-55H2,1-2H3,(H,74,79)/b7-5-,13-11-,19-17-,24-23-,42-40+,50-48+. The monoisotopic (exact) mass is 1310 g/mol. The largest absolute Gasteiger partial charge is 0.394 e. The van der Waals surface area contributed by atoms with Crippen LogP contribution in [-0.4, -0.2) is 193 Å². The topological polar surface area (TPSA) is 307 Å². The SMILES string of the molecule is CC/C=C\C/C=C\C/C=C\C/C=C\CCCCCCCCCCCCCCCCCCC(=O)NC(COC1OC(CO)C(OC2OC(CO)C(OC3OC(CO)C(O)C(O)C3O)C(O)C2O)C(O)C1O)C(O)/C=C/CC/C=C/CCCCCCCCCCCCCC. The predicted molar refractivity (Wildman–Crippen MR) is 360 cm³/mol. The van der Waals surface area contributed by atoms with E-state index < -0.39 is 124 Å². The van der Waals surface area contributed by atoms with E-state index in [1.54, 1.807) is 6.08 Å². The van der Waals surface area contributed by atoms with Crippen molar-refractivity contribution in [1.29, 1.82) is 0 Å². The number of allylic oxidation sites excluding steroid dienone is 11. The molecule has 0 aliphatic carbocycles. The average Bonchev–Trinajstić information content (AvgIpc) is 0.834. The van der Waals surface area contributed by atoms with Crippen LogP contribution in [0, 0.1) is 0 Å². The fraction of sp³-hybridized carbons (Fsp3) is 0.822. The number of aliphatic hydroxyl groups is 11. The lowest BCUT2D eigenvalue weighted by Crippen LogP contribution is -2.66. The van der Waals surface area contributed by atoms with Gasteiger partial charge < -0.3 is 89.9 Å². The van der Waals surface area contributed by atoms with Crippen molar-refractivity contribution < 1.29 is 89.4 Å². The number of hydrogen-bond acceptors (Lipinski definition) is 18. The highest BCUT2D eigenvalue weighted by Crippen LogP contribution is 2.33. The Labute approximate surface area is 553 Å². The average molecular weight is 1310 g/mol. The Morgan fingerprint density at radius 1 is 0.402 bits per heavy atom. The number of carbonyl (C=O) groups is 1. The lowest BCUT2D eigenvalue weighted by atomic mass is 9.96. The number of carbonyl (C=O) groups excluding carboxylic acids is 1. The van der Waals surface area contributed by atoms with Gasteiger partial charge in [-0.25, -0.2) is 0 Å². The van der Waals surface area contributed by atoms with Crippen LogP contribution < -0.4 is 5.32 Å². The number of hydrogen-bond donors (Lipinski definition) is 12. The van der Waals surface area contributed by atoms with Crippen LogP contribution in [0.4, 0.5) is 0 Å². The third-order valence-corrected chi connectivity index (χ3v) is 17.7. The smallest absolute Gasteiger partial charge is 0.220 e. The molecule has 534 valence electrons. The molecule has 19 heteroatoms. The summed E-state index contributed by atoms with van der Waals surface area (Å²) in [4.78, 5) is 13.4. The van der Waals surface area contributed by atoms with Gasteiger partial charge in [0.25, 0.3) is 0 Å². The van der Waals surface area contributed by atoms with E-state index >= 15 is 0 Å². The first-order valence-electron chi connectivity index (χ1n) is 36.2. The minimum absolute atomic E-state index is 0.234. The van der Waals surface area contributed by atoms with Crippen molar-refractivity contribution in [3.05, 3.63) is 72.9 Å². The van der Waals surface area contributed by atoms with E-state index in [0.717, 1.165) is 64.2 Å². The van der Waals surface area contributed by atoms with Crippen LogP contribution in [0.3, 0.4) is 0 Å². The Hall–Kier alpha value is -2.77. The molecule has 0 bridgehead atoms. The summed E-state index contributed by atoms with van der Waals surface area (Å²) in [6, 6.07) is -0.993. The molecule has 17 atom stereocenters.